The topological polar surface area (TPSA) is 34.1 Å². The molecule has 1 aromatic heterocycles. The Kier molecular flexibility index (Phi) is 4.90. The van der Waals surface area contributed by atoms with Gasteiger partial charge in [0.2, 0.25) is 0 Å². The second kappa shape index (κ2) is 5.98. The number of anilines is 1. The normalized spacial score (nSPS) is 12.5. The molecule has 1 heterocycles. The highest BCUT2D eigenvalue weighted by Gasteiger charge is 2.00. The van der Waals surface area contributed by atoms with E-state index in [1.807, 2.05) is 19.9 Å². The van der Waals surface area contributed by atoms with Crippen LogP contribution in [-0.2, 0) is 4.74 Å². The predicted molar refractivity (Wildman–Crippen MR) is 61.5 cm³/mol. The van der Waals surface area contributed by atoms with Gasteiger partial charge in [-0.25, -0.2) is 0 Å². The lowest BCUT2D eigenvalue weighted by Gasteiger charge is -2.13. The fourth-order valence-electron chi connectivity index (χ4n) is 1.11. The summed E-state index contributed by atoms with van der Waals surface area (Å²) in [7, 11) is 0. The molecule has 0 aliphatic heterocycles. The van der Waals surface area contributed by atoms with Gasteiger partial charge in [-0.3, -0.25) is 4.98 Å². The van der Waals surface area contributed by atoms with Gasteiger partial charge >= 0.3 is 0 Å². The van der Waals surface area contributed by atoms with E-state index in [0.29, 0.717) is 0 Å². The maximum atomic E-state index is 5.40. The van der Waals surface area contributed by atoms with Gasteiger partial charge < -0.3 is 10.1 Å². The van der Waals surface area contributed by atoms with Crippen molar-refractivity contribution in [2.24, 2.45) is 0 Å². The van der Waals surface area contributed by atoms with E-state index in [1.165, 1.54) is 0 Å². The Morgan fingerprint density at radius 3 is 3.00 bits per heavy atom. The van der Waals surface area contributed by atoms with Gasteiger partial charge in [0.25, 0.3) is 0 Å². The number of aromatic nitrogens is 1. The molecule has 0 bridgehead atoms. The number of pyridine rings is 1. The molecule has 0 aliphatic rings. The van der Waals surface area contributed by atoms with Gasteiger partial charge in [-0.1, -0.05) is 0 Å². The molecular formula is C10H15BrN2O. The molecule has 4 heteroatoms. The first kappa shape index (κ1) is 11.5. The van der Waals surface area contributed by atoms with E-state index < -0.39 is 0 Å². The third kappa shape index (κ3) is 4.07. The van der Waals surface area contributed by atoms with E-state index in [9.17, 15) is 0 Å². The Hall–Kier alpha value is -0.610. The van der Waals surface area contributed by atoms with Gasteiger partial charge in [-0.15, -0.1) is 0 Å². The predicted octanol–water partition coefficient (Wildman–Crippen LogP) is 2.68. The summed E-state index contributed by atoms with van der Waals surface area (Å²) in [4.78, 5) is 4.06. The second-order valence-corrected chi connectivity index (χ2v) is 3.95. The number of nitrogens with zero attached hydrogens (tertiary/aromatic N) is 1. The number of nitrogens with one attached hydrogen (secondary N) is 1. The number of rotatable bonds is 5. The maximum absolute atomic E-state index is 5.40. The van der Waals surface area contributed by atoms with Crippen molar-refractivity contribution in [3.05, 3.63) is 22.9 Å². The standard InChI is InChI=1S/C10H15BrN2O/c1-3-14-8(2)5-13-10-4-9(11)6-12-7-10/h4,6-8,13H,3,5H2,1-2H3. The molecule has 78 valence electrons. The minimum Gasteiger partial charge on any atom is -0.381 e. The largest absolute Gasteiger partial charge is 0.381 e. The molecule has 0 aromatic carbocycles. The van der Waals surface area contributed by atoms with E-state index in [2.05, 4.69) is 26.2 Å². The number of hydrogen-bond donors (Lipinski definition) is 1. The highest BCUT2D eigenvalue weighted by Crippen LogP contribution is 2.13. The maximum Gasteiger partial charge on any atom is 0.0719 e. The quantitative estimate of drug-likeness (QED) is 0.882. The van der Waals surface area contributed by atoms with Crippen LogP contribution in [0.1, 0.15) is 13.8 Å². The summed E-state index contributed by atoms with van der Waals surface area (Å²) in [5.74, 6) is 0. The fourth-order valence-corrected chi connectivity index (χ4v) is 1.48. The van der Waals surface area contributed by atoms with Crippen molar-refractivity contribution in [2.75, 3.05) is 18.5 Å². The van der Waals surface area contributed by atoms with Crippen molar-refractivity contribution in [3.8, 4) is 0 Å². The molecular weight excluding hydrogens is 244 g/mol. The van der Waals surface area contributed by atoms with Gasteiger partial charge in [0.1, 0.15) is 0 Å². The Labute approximate surface area is 93.0 Å². The first-order valence-corrected chi connectivity index (χ1v) is 5.47. The molecule has 0 fully saturated rings. The average Bonchev–Trinajstić information content (AvgIpc) is 2.15. The second-order valence-electron chi connectivity index (χ2n) is 3.04. The molecule has 0 aliphatic carbocycles. The summed E-state index contributed by atoms with van der Waals surface area (Å²) in [6.07, 6.45) is 3.78. The third-order valence-corrected chi connectivity index (χ3v) is 2.18. The number of halogens is 1. The minimum atomic E-state index is 0.221. The lowest BCUT2D eigenvalue weighted by molar-refractivity contribution is 0.0855. The lowest BCUT2D eigenvalue weighted by Crippen LogP contribution is -2.19. The molecule has 0 spiro atoms. The molecule has 0 saturated heterocycles. The molecule has 1 N–H and O–H groups in total. The van der Waals surface area contributed by atoms with Gasteiger partial charge in [0.05, 0.1) is 18.0 Å². The highest BCUT2D eigenvalue weighted by molar-refractivity contribution is 9.10. The third-order valence-electron chi connectivity index (χ3n) is 1.75. The molecule has 1 rings (SSSR count). The minimum absolute atomic E-state index is 0.221. The van der Waals surface area contributed by atoms with E-state index in [4.69, 9.17) is 4.74 Å². The van der Waals surface area contributed by atoms with Crippen molar-refractivity contribution in [1.29, 1.82) is 0 Å². The molecule has 1 atom stereocenters. The van der Waals surface area contributed by atoms with Crippen LogP contribution in [0.4, 0.5) is 5.69 Å². The van der Waals surface area contributed by atoms with Crippen LogP contribution in [-0.4, -0.2) is 24.2 Å². The van der Waals surface area contributed by atoms with Crippen LogP contribution in [0.3, 0.4) is 0 Å². The van der Waals surface area contributed by atoms with Crippen molar-refractivity contribution in [3.63, 3.8) is 0 Å². The van der Waals surface area contributed by atoms with Crippen LogP contribution >= 0.6 is 15.9 Å². The van der Waals surface area contributed by atoms with Crippen LogP contribution < -0.4 is 5.32 Å². The summed E-state index contributed by atoms with van der Waals surface area (Å²) < 4.78 is 6.38. The first-order valence-electron chi connectivity index (χ1n) is 4.68. The molecule has 0 saturated carbocycles. The molecule has 1 unspecified atom stereocenters. The summed E-state index contributed by atoms with van der Waals surface area (Å²) in [6.45, 7) is 5.59. The molecule has 3 nitrogen and oxygen atoms in total. The molecule has 0 radical (unpaired) electrons. The Morgan fingerprint density at radius 1 is 1.57 bits per heavy atom. The van der Waals surface area contributed by atoms with E-state index >= 15 is 0 Å². The summed E-state index contributed by atoms with van der Waals surface area (Å²) >= 11 is 3.37. The van der Waals surface area contributed by atoms with E-state index in [-0.39, 0.29) is 6.10 Å². The van der Waals surface area contributed by atoms with Gasteiger partial charge in [0.15, 0.2) is 0 Å². The van der Waals surface area contributed by atoms with Crippen LogP contribution in [0.2, 0.25) is 0 Å². The smallest absolute Gasteiger partial charge is 0.0719 e. The van der Waals surface area contributed by atoms with Gasteiger partial charge in [-0.2, -0.15) is 0 Å². The van der Waals surface area contributed by atoms with Gasteiger partial charge in [0, 0.05) is 23.8 Å². The van der Waals surface area contributed by atoms with E-state index in [0.717, 1.165) is 23.3 Å². The number of hydrogen-bond acceptors (Lipinski definition) is 3. The summed E-state index contributed by atoms with van der Waals surface area (Å²) in [6, 6.07) is 1.99. The van der Waals surface area contributed by atoms with Crippen LogP contribution in [0, 0.1) is 0 Å². The Bertz CT molecular complexity index is 281. The zero-order chi connectivity index (χ0) is 10.4. The summed E-state index contributed by atoms with van der Waals surface area (Å²) in [5, 5.41) is 3.25. The molecule has 1 aromatic rings. The van der Waals surface area contributed by atoms with E-state index in [1.54, 1.807) is 12.4 Å². The highest BCUT2D eigenvalue weighted by atomic mass is 79.9. The van der Waals surface area contributed by atoms with Crippen molar-refractivity contribution in [1.82, 2.24) is 4.98 Å². The van der Waals surface area contributed by atoms with Crippen LogP contribution in [0.15, 0.2) is 22.9 Å². The van der Waals surface area contributed by atoms with Crippen molar-refractivity contribution < 1.29 is 4.74 Å². The van der Waals surface area contributed by atoms with Crippen LogP contribution in [0.5, 0.6) is 0 Å². The average molecular weight is 259 g/mol. The fraction of sp³-hybridized carbons (Fsp3) is 0.500. The summed E-state index contributed by atoms with van der Waals surface area (Å²) in [5.41, 5.74) is 1.01. The monoisotopic (exact) mass is 258 g/mol. The van der Waals surface area contributed by atoms with Gasteiger partial charge in [-0.05, 0) is 35.8 Å². The molecule has 14 heavy (non-hydrogen) atoms. The van der Waals surface area contributed by atoms with Crippen molar-refractivity contribution >= 4 is 21.6 Å². The SMILES string of the molecule is CCOC(C)CNc1cncc(Br)c1. The zero-order valence-electron chi connectivity index (χ0n) is 8.46. The molecule has 0 amide bonds. The zero-order valence-corrected chi connectivity index (χ0v) is 10.0. The Morgan fingerprint density at radius 2 is 2.36 bits per heavy atom. The first-order chi connectivity index (χ1) is 6.72. The Balaban J connectivity index is 2.37. The van der Waals surface area contributed by atoms with Crippen LogP contribution in [0.25, 0.3) is 0 Å². The number of ether oxygens (including phenoxy) is 1. The van der Waals surface area contributed by atoms with Crippen molar-refractivity contribution in [2.45, 2.75) is 20.0 Å². The lowest BCUT2D eigenvalue weighted by atomic mass is 10.3.